The van der Waals surface area contributed by atoms with Crippen LogP contribution in [0.4, 0.5) is 0 Å². The first kappa shape index (κ1) is 14.2. The summed E-state index contributed by atoms with van der Waals surface area (Å²) in [5.41, 5.74) is 8.06. The maximum Gasteiger partial charge on any atom is 0.192 e. The molecule has 0 amide bonds. The molecule has 0 aromatic rings. The third-order valence-corrected chi connectivity index (χ3v) is 7.26. The van der Waals surface area contributed by atoms with Crippen molar-refractivity contribution in [3.8, 4) is 0 Å². The maximum absolute atomic E-state index is 8.06. The Hall–Kier alpha value is -0.773. The van der Waals surface area contributed by atoms with Crippen molar-refractivity contribution in [1.82, 2.24) is 0 Å². The smallest absolute Gasteiger partial charge is 0.192 e. The van der Waals surface area contributed by atoms with Crippen LogP contribution in [-0.2, 0) is 4.43 Å². The lowest BCUT2D eigenvalue weighted by atomic mass is 10.2. The van der Waals surface area contributed by atoms with Crippen molar-refractivity contribution in [3.63, 3.8) is 0 Å². The van der Waals surface area contributed by atoms with E-state index in [1.54, 1.807) is 0 Å². The van der Waals surface area contributed by atoms with Gasteiger partial charge in [-0.05, 0) is 23.7 Å². The van der Waals surface area contributed by atoms with Gasteiger partial charge in [0.15, 0.2) is 8.32 Å². The minimum absolute atomic E-state index is 0.242. The summed E-state index contributed by atoms with van der Waals surface area (Å²) >= 11 is 0. The molecular weight excluding hydrogens is 206 g/mol. The van der Waals surface area contributed by atoms with Gasteiger partial charge in [0.2, 0.25) is 0 Å². The zero-order valence-corrected chi connectivity index (χ0v) is 11.3. The van der Waals surface area contributed by atoms with Gasteiger partial charge < -0.3 is 4.43 Å². The summed E-state index contributed by atoms with van der Waals surface area (Å²) < 4.78 is 5.89. The molecule has 0 spiro atoms. The third-order valence-electron chi connectivity index (χ3n) is 2.76. The quantitative estimate of drug-likeness (QED) is 0.231. The molecule has 0 fully saturated rings. The molecule has 0 aliphatic heterocycles. The average molecular weight is 227 g/mol. The van der Waals surface area contributed by atoms with Crippen LogP contribution in [0, 0.1) is 0 Å². The molecule has 0 radical (unpaired) electrons. The Balaban J connectivity index is 3.95. The summed E-state index contributed by atoms with van der Waals surface area (Å²) in [7, 11) is -1.63. The molecule has 0 atom stereocenters. The van der Waals surface area contributed by atoms with Crippen molar-refractivity contribution in [2.24, 2.45) is 5.11 Å². The first-order chi connectivity index (χ1) is 6.81. The van der Waals surface area contributed by atoms with E-state index in [0.717, 1.165) is 0 Å². The molecule has 0 aliphatic rings. The second-order valence-electron chi connectivity index (χ2n) is 4.96. The van der Waals surface area contributed by atoms with Crippen molar-refractivity contribution in [1.29, 1.82) is 0 Å². The lowest BCUT2D eigenvalue weighted by Crippen LogP contribution is -2.40. The van der Waals surface area contributed by atoms with Gasteiger partial charge in [-0.2, -0.15) is 0 Å². The predicted octanol–water partition coefficient (Wildman–Crippen LogP) is 3.87. The fraction of sp³-hybridized carbons (Fsp3) is 0.800. The van der Waals surface area contributed by atoms with Crippen LogP contribution in [0.1, 0.15) is 20.8 Å². The first-order valence-corrected chi connectivity index (χ1v) is 8.02. The molecule has 0 unspecified atom stereocenters. The standard InChI is InChI=1S/C10H21N3OSi/c1-10(2,3)15(4,5)14-9-7-6-8-12-13-11/h6-7H,8-9H2,1-5H3. The van der Waals surface area contributed by atoms with Crippen LogP contribution in [0.3, 0.4) is 0 Å². The highest BCUT2D eigenvalue weighted by molar-refractivity contribution is 6.74. The molecule has 0 saturated carbocycles. The third kappa shape index (κ3) is 5.62. The molecular formula is C10H21N3OSi. The molecule has 15 heavy (non-hydrogen) atoms. The maximum atomic E-state index is 8.06. The minimum Gasteiger partial charge on any atom is -0.413 e. The van der Waals surface area contributed by atoms with E-state index < -0.39 is 8.32 Å². The molecule has 4 nitrogen and oxygen atoms in total. The molecule has 5 heteroatoms. The van der Waals surface area contributed by atoms with E-state index in [4.69, 9.17) is 9.96 Å². The fourth-order valence-electron chi connectivity index (χ4n) is 0.699. The topological polar surface area (TPSA) is 58.0 Å². The lowest BCUT2D eigenvalue weighted by molar-refractivity contribution is 0.328. The lowest BCUT2D eigenvalue weighted by Gasteiger charge is -2.35. The van der Waals surface area contributed by atoms with Gasteiger partial charge >= 0.3 is 0 Å². The first-order valence-electron chi connectivity index (χ1n) is 5.11. The second-order valence-corrected chi connectivity index (χ2v) is 9.77. The van der Waals surface area contributed by atoms with Gasteiger partial charge in [-0.15, -0.1) is 0 Å². The van der Waals surface area contributed by atoms with Crippen molar-refractivity contribution in [2.75, 3.05) is 13.2 Å². The normalized spacial score (nSPS) is 12.9. The predicted molar refractivity (Wildman–Crippen MR) is 66.3 cm³/mol. The minimum atomic E-state index is -1.63. The van der Waals surface area contributed by atoms with Gasteiger partial charge in [-0.1, -0.05) is 38.0 Å². The van der Waals surface area contributed by atoms with Gasteiger partial charge in [0, 0.05) is 11.5 Å². The molecule has 0 bridgehead atoms. The van der Waals surface area contributed by atoms with Crippen LogP contribution in [0.25, 0.3) is 10.4 Å². The summed E-state index contributed by atoms with van der Waals surface area (Å²) in [6.07, 6.45) is 3.74. The van der Waals surface area contributed by atoms with E-state index in [9.17, 15) is 0 Å². The highest BCUT2D eigenvalue weighted by Crippen LogP contribution is 2.36. The number of rotatable bonds is 5. The summed E-state index contributed by atoms with van der Waals surface area (Å²) in [6, 6.07) is 0. The van der Waals surface area contributed by atoms with E-state index >= 15 is 0 Å². The molecule has 0 aliphatic carbocycles. The van der Waals surface area contributed by atoms with Crippen LogP contribution in [-0.4, -0.2) is 21.5 Å². The van der Waals surface area contributed by atoms with Crippen molar-refractivity contribution in [3.05, 3.63) is 22.6 Å². The SMILES string of the molecule is CC(C)(C)[Si](C)(C)OCC=CCN=[N+]=[N-]. The van der Waals surface area contributed by atoms with Crippen LogP contribution < -0.4 is 0 Å². The largest absolute Gasteiger partial charge is 0.413 e. The summed E-state index contributed by atoms with van der Waals surface area (Å²) in [5, 5.41) is 3.65. The monoisotopic (exact) mass is 227 g/mol. The average Bonchev–Trinajstić information content (AvgIpc) is 2.09. The highest BCUT2D eigenvalue weighted by Gasteiger charge is 2.36. The Morgan fingerprint density at radius 2 is 1.93 bits per heavy atom. The summed E-state index contributed by atoms with van der Waals surface area (Å²) in [5.74, 6) is 0. The van der Waals surface area contributed by atoms with E-state index in [1.807, 2.05) is 12.2 Å². The van der Waals surface area contributed by atoms with E-state index in [1.165, 1.54) is 0 Å². The van der Waals surface area contributed by atoms with Gasteiger partial charge in [0.25, 0.3) is 0 Å². The van der Waals surface area contributed by atoms with E-state index in [-0.39, 0.29) is 5.04 Å². The van der Waals surface area contributed by atoms with E-state index in [2.05, 4.69) is 43.9 Å². The Morgan fingerprint density at radius 3 is 2.40 bits per heavy atom. The summed E-state index contributed by atoms with van der Waals surface area (Å²) in [6.45, 7) is 12.1. The number of azide groups is 1. The molecule has 0 rings (SSSR count). The number of nitrogens with zero attached hydrogens (tertiary/aromatic N) is 3. The Kier molecular flexibility index (Phi) is 5.65. The van der Waals surface area contributed by atoms with Crippen molar-refractivity contribution in [2.45, 2.75) is 38.9 Å². The summed E-state index contributed by atoms with van der Waals surface area (Å²) in [4.78, 5) is 2.66. The number of hydrogen-bond acceptors (Lipinski definition) is 2. The molecule has 0 heterocycles. The Morgan fingerprint density at radius 1 is 1.33 bits per heavy atom. The zero-order chi connectivity index (χ0) is 11.9. The van der Waals surface area contributed by atoms with Gasteiger partial charge in [0.05, 0.1) is 6.61 Å². The number of hydrogen-bond donors (Lipinski definition) is 0. The molecule has 0 N–H and O–H groups in total. The molecule has 0 aromatic heterocycles. The van der Waals surface area contributed by atoms with Crippen molar-refractivity contribution < 1.29 is 4.43 Å². The Labute approximate surface area is 93.1 Å². The van der Waals surface area contributed by atoms with Gasteiger partial charge in [-0.3, -0.25) is 0 Å². The van der Waals surface area contributed by atoms with E-state index in [0.29, 0.717) is 13.2 Å². The Bertz CT molecular complexity index is 262. The van der Waals surface area contributed by atoms with Crippen LogP contribution >= 0.6 is 0 Å². The molecule has 86 valence electrons. The second kappa shape index (κ2) is 5.95. The van der Waals surface area contributed by atoms with Crippen LogP contribution in [0.5, 0.6) is 0 Å². The van der Waals surface area contributed by atoms with Gasteiger partial charge in [-0.25, -0.2) is 0 Å². The fourth-order valence-corrected chi connectivity index (χ4v) is 1.65. The molecule has 0 saturated heterocycles. The molecule has 0 aromatic carbocycles. The van der Waals surface area contributed by atoms with Gasteiger partial charge in [0.1, 0.15) is 0 Å². The van der Waals surface area contributed by atoms with Crippen LogP contribution in [0.2, 0.25) is 18.1 Å². The zero-order valence-electron chi connectivity index (χ0n) is 10.3. The van der Waals surface area contributed by atoms with Crippen molar-refractivity contribution >= 4 is 8.32 Å². The highest BCUT2D eigenvalue weighted by atomic mass is 28.4. The van der Waals surface area contributed by atoms with Crippen LogP contribution in [0.15, 0.2) is 17.3 Å².